The number of hydrogen-bond donors (Lipinski definition) is 1. The van der Waals surface area contributed by atoms with Gasteiger partial charge in [-0.1, -0.05) is 18.2 Å². The van der Waals surface area contributed by atoms with Crippen LogP contribution < -0.4 is 0 Å². The van der Waals surface area contributed by atoms with Crippen molar-refractivity contribution < 1.29 is 9.90 Å². The van der Waals surface area contributed by atoms with E-state index in [9.17, 15) is 9.90 Å². The molecule has 0 atom stereocenters. The number of carbonyl (C=O) groups excluding carboxylic acids is 1. The molecular formula is C12H9NO2. The van der Waals surface area contributed by atoms with Crippen molar-refractivity contribution in [1.82, 2.24) is 4.98 Å². The predicted molar refractivity (Wildman–Crippen MR) is 56.7 cm³/mol. The van der Waals surface area contributed by atoms with Crippen LogP contribution in [0, 0.1) is 0 Å². The Hall–Kier alpha value is -2.16. The summed E-state index contributed by atoms with van der Waals surface area (Å²) < 4.78 is 0. The minimum Gasteiger partial charge on any atom is -0.507 e. The first-order valence-corrected chi connectivity index (χ1v) is 4.50. The summed E-state index contributed by atoms with van der Waals surface area (Å²) in [5.74, 6) is 0.183. The Morgan fingerprint density at radius 3 is 2.73 bits per heavy atom. The van der Waals surface area contributed by atoms with Crippen LogP contribution in [-0.4, -0.2) is 16.4 Å². The highest BCUT2D eigenvalue weighted by Crippen LogP contribution is 2.27. The summed E-state index contributed by atoms with van der Waals surface area (Å²) >= 11 is 0. The Balaban J connectivity index is 2.54. The minimum atomic E-state index is 0.183. The van der Waals surface area contributed by atoms with Gasteiger partial charge in [0, 0.05) is 29.1 Å². The van der Waals surface area contributed by atoms with Crippen molar-refractivity contribution in [2.75, 3.05) is 0 Å². The molecule has 2 aromatic rings. The molecule has 15 heavy (non-hydrogen) atoms. The second kappa shape index (κ2) is 3.92. The SMILES string of the molecule is O=Cc1cncc(-c2ccccc2O)c1. The van der Waals surface area contributed by atoms with Gasteiger partial charge in [-0.2, -0.15) is 0 Å². The van der Waals surface area contributed by atoms with Gasteiger partial charge in [-0.25, -0.2) is 0 Å². The molecular weight excluding hydrogens is 190 g/mol. The van der Waals surface area contributed by atoms with Gasteiger partial charge < -0.3 is 5.11 Å². The molecule has 0 bridgehead atoms. The van der Waals surface area contributed by atoms with Crippen molar-refractivity contribution in [1.29, 1.82) is 0 Å². The van der Waals surface area contributed by atoms with Gasteiger partial charge in [0.2, 0.25) is 0 Å². The Labute approximate surface area is 87.0 Å². The summed E-state index contributed by atoms with van der Waals surface area (Å²) in [6.07, 6.45) is 3.83. The fraction of sp³-hybridized carbons (Fsp3) is 0. The Morgan fingerprint density at radius 2 is 2.00 bits per heavy atom. The lowest BCUT2D eigenvalue weighted by atomic mass is 10.1. The number of phenols is 1. The fourth-order valence-electron chi connectivity index (χ4n) is 1.39. The summed E-state index contributed by atoms with van der Waals surface area (Å²) in [4.78, 5) is 14.5. The van der Waals surface area contributed by atoms with Crippen LogP contribution >= 0.6 is 0 Å². The quantitative estimate of drug-likeness (QED) is 0.755. The van der Waals surface area contributed by atoms with Gasteiger partial charge in [-0.3, -0.25) is 9.78 Å². The van der Waals surface area contributed by atoms with Gasteiger partial charge in [0.05, 0.1) is 0 Å². The van der Waals surface area contributed by atoms with Crippen molar-refractivity contribution in [3.05, 3.63) is 48.3 Å². The van der Waals surface area contributed by atoms with Crippen LogP contribution in [0.3, 0.4) is 0 Å². The standard InChI is InChI=1S/C12H9NO2/c14-8-9-5-10(7-13-6-9)11-3-1-2-4-12(11)15/h1-8,15H. The second-order valence-corrected chi connectivity index (χ2v) is 3.14. The summed E-state index contributed by atoms with van der Waals surface area (Å²) in [7, 11) is 0. The molecule has 74 valence electrons. The highest BCUT2D eigenvalue weighted by atomic mass is 16.3. The number of aromatic hydroxyl groups is 1. The molecule has 0 saturated heterocycles. The fourth-order valence-corrected chi connectivity index (χ4v) is 1.39. The molecule has 0 spiro atoms. The highest BCUT2D eigenvalue weighted by Gasteiger charge is 2.03. The van der Waals surface area contributed by atoms with E-state index in [1.165, 1.54) is 6.20 Å². The third kappa shape index (κ3) is 1.86. The van der Waals surface area contributed by atoms with Crippen LogP contribution in [0.4, 0.5) is 0 Å². The zero-order valence-electron chi connectivity index (χ0n) is 7.92. The first-order valence-electron chi connectivity index (χ1n) is 4.50. The molecule has 0 saturated carbocycles. The van der Waals surface area contributed by atoms with Crippen molar-refractivity contribution in [3.63, 3.8) is 0 Å². The Morgan fingerprint density at radius 1 is 1.20 bits per heavy atom. The molecule has 0 aliphatic carbocycles. The van der Waals surface area contributed by atoms with E-state index >= 15 is 0 Å². The van der Waals surface area contributed by atoms with Gasteiger partial charge in [-0.15, -0.1) is 0 Å². The van der Waals surface area contributed by atoms with Crippen molar-refractivity contribution >= 4 is 6.29 Å². The molecule has 1 aromatic carbocycles. The molecule has 1 N–H and O–H groups in total. The highest BCUT2D eigenvalue weighted by molar-refractivity contribution is 5.79. The smallest absolute Gasteiger partial charge is 0.151 e. The first-order chi connectivity index (χ1) is 7.31. The summed E-state index contributed by atoms with van der Waals surface area (Å²) in [5, 5.41) is 9.61. The molecule has 0 amide bonds. The van der Waals surface area contributed by atoms with Crippen LogP contribution in [0.5, 0.6) is 5.75 Å². The van der Waals surface area contributed by atoms with Crippen LogP contribution in [0.1, 0.15) is 10.4 Å². The maximum Gasteiger partial charge on any atom is 0.151 e. The van der Waals surface area contributed by atoms with E-state index in [0.717, 1.165) is 11.8 Å². The molecule has 0 aliphatic rings. The molecule has 0 unspecified atom stereocenters. The number of aldehydes is 1. The maximum absolute atomic E-state index is 10.6. The van der Waals surface area contributed by atoms with E-state index in [0.29, 0.717) is 11.1 Å². The zero-order chi connectivity index (χ0) is 10.7. The van der Waals surface area contributed by atoms with Crippen LogP contribution in [0.25, 0.3) is 11.1 Å². The number of carbonyl (C=O) groups is 1. The van der Waals surface area contributed by atoms with Gasteiger partial charge in [0.1, 0.15) is 5.75 Å². The molecule has 2 rings (SSSR count). The first kappa shape index (κ1) is 9.40. The average molecular weight is 199 g/mol. The number of benzene rings is 1. The molecule has 3 heteroatoms. The van der Waals surface area contributed by atoms with Gasteiger partial charge in [0.15, 0.2) is 6.29 Å². The summed E-state index contributed by atoms with van der Waals surface area (Å²) in [6, 6.07) is 8.64. The summed E-state index contributed by atoms with van der Waals surface area (Å²) in [6.45, 7) is 0. The molecule has 0 fully saturated rings. The Kier molecular flexibility index (Phi) is 2.46. The molecule has 0 aliphatic heterocycles. The largest absolute Gasteiger partial charge is 0.507 e. The minimum absolute atomic E-state index is 0.183. The van der Waals surface area contributed by atoms with Gasteiger partial charge in [-0.05, 0) is 12.1 Å². The van der Waals surface area contributed by atoms with Crippen molar-refractivity contribution in [2.45, 2.75) is 0 Å². The average Bonchev–Trinajstić information content (AvgIpc) is 2.30. The van der Waals surface area contributed by atoms with Crippen LogP contribution in [-0.2, 0) is 0 Å². The molecule has 0 radical (unpaired) electrons. The normalized spacial score (nSPS) is 9.87. The van der Waals surface area contributed by atoms with E-state index in [1.54, 1.807) is 30.5 Å². The van der Waals surface area contributed by atoms with E-state index in [-0.39, 0.29) is 5.75 Å². The van der Waals surface area contributed by atoms with Crippen LogP contribution in [0.2, 0.25) is 0 Å². The third-order valence-corrected chi connectivity index (χ3v) is 2.11. The molecule has 3 nitrogen and oxygen atoms in total. The monoisotopic (exact) mass is 199 g/mol. The number of hydrogen-bond acceptors (Lipinski definition) is 3. The topological polar surface area (TPSA) is 50.2 Å². The van der Waals surface area contributed by atoms with E-state index in [4.69, 9.17) is 0 Å². The number of aromatic nitrogens is 1. The summed E-state index contributed by atoms with van der Waals surface area (Å²) in [5.41, 5.74) is 1.90. The number of pyridine rings is 1. The van der Waals surface area contributed by atoms with Crippen molar-refractivity contribution in [3.8, 4) is 16.9 Å². The predicted octanol–water partition coefficient (Wildman–Crippen LogP) is 2.27. The number of rotatable bonds is 2. The van der Waals surface area contributed by atoms with E-state index in [1.807, 2.05) is 6.07 Å². The Bertz CT molecular complexity index is 494. The lowest BCUT2D eigenvalue weighted by molar-refractivity contribution is 0.112. The third-order valence-electron chi connectivity index (χ3n) is 2.11. The second-order valence-electron chi connectivity index (χ2n) is 3.14. The molecule has 1 heterocycles. The van der Waals surface area contributed by atoms with Crippen molar-refractivity contribution in [2.24, 2.45) is 0 Å². The van der Waals surface area contributed by atoms with E-state index < -0.39 is 0 Å². The van der Waals surface area contributed by atoms with Crippen LogP contribution in [0.15, 0.2) is 42.7 Å². The van der Waals surface area contributed by atoms with Gasteiger partial charge in [0.25, 0.3) is 0 Å². The van der Waals surface area contributed by atoms with E-state index in [2.05, 4.69) is 4.98 Å². The lowest BCUT2D eigenvalue weighted by Crippen LogP contribution is -1.85. The van der Waals surface area contributed by atoms with Gasteiger partial charge >= 0.3 is 0 Å². The zero-order valence-corrected chi connectivity index (χ0v) is 7.92. The number of para-hydroxylation sites is 1. The number of nitrogens with zero attached hydrogens (tertiary/aromatic N) is 1. The lowest BCUT2D eigenvalue weighted by Gasteiger charge is -2.03. The number of phenolic OH excluding ortho intramolecular Hbond substituents is 1. The maximum atomic E-state index is 10.6. The molecule has 1 aromatic heterocycles.